The topological polar surface area (TPSA) is 59.6 Å². The van der Waals surface area contributed by atoms with E-state index in [1.165, 1.54) is 25.7 Å². The quantitative estimate of drug-likeness (QED) is 0.871. The Hall–Kier alpha value is -1.91. The number of nitrogens with one attached hydrogen (secondary N) is 2. The lowest BCUT2D eigenvalue weighted by atomic mass is 9.84. The highest BCUT2D eigenvalue weighted by atomic mass is 16.5. The highest BCUT2D eigenvalue weighted by Gasteiger charge is 2.42. The van der Waals surface area contributed by atoms with Crippen molar-refractivity contribution in [3.63, 3.8) is 0 Å². The van der Waals surface area contributed by atoms with Gasteiger partial charge in [0.25, 0.3) is 0 Å². The Balaban J connectivity index is 1.58. The van der Waals surface area contributed by atoms with Gasteiger partial charge in [-0.15, -0.1) is 0 Å². The van der Waals surface area contributed by atoms with Crippen molar-refractivity contribution in [3.8, 4) is 11.5 Å². The van der Waals surface area contributed by atoms with Gasteiger partial charge >= 0.3 is 6.03 Å². The van der Waals surface area contributed by atoms with Gasteiger partial charge in [-0.25, -0.2) is 4.79 Å². The number of methoxy groups -OCH3 is 2. The van der Waals surface area contributed by atoms with Crippen LogP contribution in [0.2, 0.25) is 0 Å². The number of urea groups is 1. The van der Waals surface area contributed by atoms with E-state index in [1.54, 1.807) is 32.4 Å². The van der Waals surface area contributed by atoms with Crippen molar-refractivity contribution in [2.75, 3.05) is 19.5 Å². The number of fused-ring (bicyclic) bond motifs is 2. The van der Waals surface area contributed by atoms with Gasteiger partial charge in [-0.3, -0.25) is 0 Å². The molecule has 2 N–H and O–H groups in total. The molecule has 3 rings (SSSR count). The van der Waals surface area contributed by atoms with Crippen LogP contribution < -0.4 is 20.1 Å². The lowest BCUT2D eigenvalue weighted by Crippen LogP contribution is -2.42. The van der Waals surface area contributed by atoms with Gasteiger partial charge in [0.15, 0.2) is 0 Å². The highest BCUT2D eigenvalue weighted by Crippen LogP contribution is 2.49. The monoisotopic (exact) mass is 318 g/mol. The molecule has 2 bridgehead atoms. The first kappa shape index (κ1) is 16.0. The van der Waals surface area contributed by atoms with Crippen LogP contribution in [0.15, 0.2) is 18.2 Å². The summed E-state index contributed by atoms with van der Waals surface area (Å²) in [6.45, 7) is 2.12. The summed E-state index contributed by atoms with van der Waals surface area (Å²) in [4.78, 5) is 12.3. The third-order valence-electron chi connectivity index (χ3n) is 5.40. The first-order chi connectivity index (χ1) is 11.1. The summed E-state index contributed by atoms with van der Waals surface area (Å²) in [6.07, 6.45) is 5.32. The van der Waals surface area contributed by atoms with Crippen LogP contribution in [0.4, 0.5) is 10.5 Å². The SMILES string of the molecule is COc1cc(NC(=O)NC(C)C2CC3CCC2C3)cc(OC)c1. The number of hydrogen-bond donors (Lipinski definition) is 2. The molecule has 4 atom stereocenters. The third-order valence-corrected chi connectivity index (χ3v) is 5.40. The van der Waals surface area contributed by atoms with E-state index in [0.29, 0.717) is 23.1 Å². The van der Waals surface area contributed by atoms with Gasteiger partial charge in [0.05, 0.1) is 14.2 Å². The zero-order valence-corrected chi connectivity index (χ0v) is 14.1. The Morgan fingerprint density at radius 3 is 2.35 bits per heavy atom. The Bertz CT molecular complexity index is 553. The molecule has 2 aliphatic rings. The Kier molecular flexibility index (Phi) is 4.64. The second kappa shape index (κ2) is 6.69. The van der Waals surface area contributed by atoms with Crippen molar-refractivity contribution in [1.29, 1.82) is 0 Å². The van der Waals surface area contributed by atoms with E-state index in [1.807, 2.05) is 0 Å². The van der Waals surface area contributed by atoms with Crippen LogP contribution in [0, 0.1) is 17.8 Å². The summed E-state index contributed by atoms with van der Waals surface area (Å²) in [5.74, 6) is 3.62. The Morgan fingerprint density at radius 2 is 1.83 bits per heavy atom. The average Bonchev–Trinajstić information content (AvgIpc) is 3.17. The number of carbonyl (C=O) groups is 1. The standard InChI is InChI=1S/C18H26N2O3/c1-11(17-7-12-4-5-13(17)6-12)19-18(21)20-14-8-15(22-2)10-16(9-14)23-3/h8-13,17H,4-7H2,1-3H3,(H2,19,20,21). The smallest absolute Gasteiger partial charge is 0.319 e. The number of amides is 2. The van der Waals surface area contributed by atoms with Crippen molar-refractivity contribution < 1.29 is 14.3 Å². The molecule has 5 heteroatoms. The van der Waals surface area contributed by atoms with Gasteiger partial charge in [-0.2, -0.15) is 0 Å². The van der Waals surface area contributed by atoms with Gasteiger partial charge < -0.3 is 20.1 Å². The van der Waals surface area contributed by atoms with Crippen LogP contribution in [-0.2, 0) is 0 Å². The van der Waals surface area contributed by atoms with E-state index in [-0.39, 0.29) is 12.1 Å². The number of hydrogen-bond acceptors (Lipinski definition) is 3. The maximum atomic E-state index is 12.3. The van der Waals surface area contributed by atoms with Crippen LogP contribution in [0.5, 0.6) is 11.5 Å². The molecule has 126 valence electrons. The van der Waals surface area contributed by atoms with Gasteiger partial charge in [0, 0.05) is 29.9 Å². The third kappa shape index (κ3) is 3.54. The lowest BCUT2D eigenvalue weighted by molar-refractivity contribution is 0.230. The molecule has 2 fully saturated rings. The van der Waals surface area contributed by atoms with Crippen molar-refractivity contribution in [2.45, 2.75) is 38.6 Å². The van der Waals surface area contributed by atoms with Gasteiger partial charge in [0.1, 0.15) is 11.5 Å². The molecule has 1 aromatic carbocycles. The molecule has 0 saturated heterocycles. The molecule has 0 radical (unpaired) electrons. The number of rotatable bonds is 5. The molecular weight excluding hydrogens is 292 g/mol. The molecule has 0 aromatic heterocycles. The zero-order valence-electron chi connectivity index (χ0n) is 14.1. The van der Waals surface area contributed by atoms with Crippen molar-refractivity contribution in [1.82, 2.24) is 5.32 Å². The predicted molar refractivity (Wildman–Crippen MR) is 90.1 cm³/mol. The second-order valence-corrected chi connectivity index (χ2v) is 6.83. The molecule has 23 heavy (non-hydrogen) atoms. The minimum absolute atomic E-state index is 0.171. The Labute approximate surface area is 137 Å². The van der Waals surface area contributed by atoms with Crippen LogP contribution in [-0.4, -0.2) is 26.3 Å². The predicted octanol–water partition coefficient (Wildman–Crippen LogP) is 3.65. The minimum Gasteiger partial charge on any atom is -0.497 e. The molecule has 2 amide bonds. The van der Waals surface area contributed by atoms with E-state index in [2.05, 4.69) is 17.6 Å². The van der Waals surface area contributed by atoms with Crippen LogP contribution in [0.25, 0.3) is 0 Å². The summed E-state index contributed by atoms with van der Waals surface area (Å²) < 4.78 is 10.4. The molecule has 4 unspecified atom stereocenters. The van der Waals surface area contributed by atoms with E-state index >= 15 is 0 Å². The van der Waals surface area contributed by atoms with E-state index in [4.69, 9.17) is 9.47 Å². The van der Waals surface area contributed by atoms with E-state index < -0.39 is 0 Å². The van der Waals surface area contributed by atoms with Crippen LogP contribution >= 0.6 is 0 Å². The molecule has 1 aromatic rings. The molecule has 0 spiro atoms. The largest absolute Gasteiger partial charge is 0.497 e. The van der Waals surface area contributed by atoms with Crippen LogP contribution in [0.3, 0.4) is 0 Å². The summed E-state index contributed by atoms with van der Waals surface area (Å²) in [7, 11) is 3.19. The van der Waals surface area contributed by atoms with Gasteiger partial charge in [-0.1, -0.05) is 6.42 Å². The van der Waals surface area contributed by atoms with Gasteiger partial charge in [0.2, 0.25) is 0 Å². The summed E-state index contributed by atoms with van der Waals surface area (Å²) in [6, 6.07) is 5.38. The lowest BCUT2D eigenvalue weighted by Gasteiger charge is -2.28. The number of ether oxygens (including phenoxy) is 2. The fraction of sp³-hybridized carbons (Fsp3) is 0.611. The minimum atomic E-state index is -0.171. The fourth-order valence-corrected chi connectivity index (χ4v) is 4.27. The maximum absolute atomic E-state index is 12.3. The maximum Gasteiger partial charge on any atom is 0.319 e. The van der Waals surface area contributed by atoms with E-state index in [9.17, 15) is 4.79 Å². The summed E-state index contributed by atoms with van der Waals surface area (Å²) in [5, 5.41) is 5.98. The molecule has 0 heterocycles. The normalized spacial score (nSPS) is 26.7. The molecule has 0 aliphatic heterocycles. The van der Waals surface area contributed by atoms with Gasteiger partial charge in [-0.05, 0) is 43.9 Å². The molecular formula is C18H26N2O3. The van der Waals surface area contributed by atoms with Crippen molar-refractivity contribution >= 4 is 11.7 Å². The average molecular weight is 318 g/mol. The highest BCUT2D eigenvalue weighted by molar-refractivity contribution is 5.90. The summed E-state index contributed by atoms with van der Waals surface area (Å²) >= 11 is 0. The summed E-state index contributed by atoms with van der Waals surface area (Å²) in [5.41, 5.74) is 0.666. The zero-order chi connectivity index (χ0) is 16.4. The van der Waals surface area contributed by atoms with Crippen molar-refractivity contribution in [2.24, 2.45) is 17.8 Å². The number of anilines is 1. The van der Waals surface area contributed by atoms with Crippen LogP contribution in [0.1, 0.15) is 32.6 Å². The molecule has 5 nitrogen and oxygen atoms in total. The number of carbonyl (C=O) groups excluding carboxylic acids is 1. The van der Waals surface area contributed by atoms with Crippen molar-refractivity contribution in [3.05, 3.63) is 18.2 Å². The Morgan fingerprint density at radius 1 is 1.13 bits per heavy atom. The fourth-order valence-electron chi connectivity index (χ4n) is 4.27. The second-order valence-electron chi connectivity index (χ2n) is 6.83. The first-order valence-corrected chi connectivity index (χ1v) is 8.39. The van der Waals surface area contributed by atoms with E-state index in [0.717, 1.165) is 11.8 Å². The number of benzene rings is 1. The first-order valence-electron chi connectivity index (χ1n) is 8.39. The molecule has 2 aliphatic carbocycles. The molecule has 2 saturated carbocycles.